The lowest BCUT2D eigenvalue weighted by Gasteiger charge is -2.36. The first-order valence-corrected chi connectivity index (χ1v) is 22.1. The predicted molar refractivity (Wildman–Crippen MR) is 242 cm³/mol. The van der Waals surface area contributed by atoms with E-state index in [0.717, 1.165) is 55.8 Å². The molecule has 3 amide bonds. The number of oxazole rings is 1. The highest BCUT2D eigenvalue weighted by atomic mass is 32.2. The average Bonchev–Trinajstić information content (AvgIpc) is 3.90. The molecule has 0 bridgehead atoms. The lowest BCUT2D eigenvalue weighted by atomic mass is 9.99. The number of ether oxygens (including phenoxy) is 3. The predicted octanol–water partition coefficient (Wildman–Crippen LogP) is 10.1. The molecule has 2 fully saturated rings. The number of hydrogen-bond donors (Lipinski definition) is 2. The van der Waals surface area contributed by atoms with E-state index in [2.05, 4.69) is 5.32 Å². The van der Waals surface area contributed by atoms with Gasteiger partial charge in [-0.1, -0.05) is 163 Å². The van der Waals surface area contributed by atoms with Gasteiger partial charge < -0.3 is 29.1 Å². The molecule has 1 aromatic heterocycles. The van der Waals surface area contributed by atoms with Crippen LogP contribution in [0.25, 0.3) is 33.7 Å². The van der Waals surface area contributed by atoms with Crippen LogP contribution >= 0.6 is 11.8 Å². The maximum Gasteiger partial charge on any atom is 0.408 e. The molecule has 2 aliphatic rings. The molecule has 322 valence electrons. The third-order valence-corrected chi connectivity index (χ3v) is 12.2. The van der Waals surface area contributed by atoms with Gasteiger partial charge >= 0.3 is 6.09 Å². The molecule has 1 unspecified atom stereocenters. The summed E-state index contributed by atoms with van der Waals surface area (Å²) in [5.41, 5.74) is 8.64. The minimum atomic E-state index is -1.00. The van der Waals surface area contributed by atoms with E-state index in [9.17, 15) is 19.5 Å². The molecule has 0 radical (unpaired) electrons. The van der Waals surface area contributed by atoms with Crippen molar-refractivity contribution in [1.82, 2.24) is 15.2 Å². The van der Waals surface area contributed by atoms with Crippen molar-refractivity contribution in [3.63, 3.8) is 0 Å². The first-order valence-electron chi connectivity index (χ1n) is 21.1. The summed E-state index contributed by atoms with van der Waals surface area (Å²) in [6.07, 6.45) is -1.57. The summed E-state index contributed by atoms with van der Waals surface area (Å²) in [4.78, 5) is 45.0. The van der Waals surface area contributed by atoms with Crippen LogP contribution < -0.4 is 5.32 Å². The monoisotopic (exact) mass is 871 g/mol. The third kappa shape index (κ3) is 10.0. The van der Waals surface area contributed by atoms with Gasteiger partial charge in [-0.2, -0.15) is 0 Å². The number of thioether (sulfide) groups is 1. The Balaban J connectivity index is 0.905. The normalized spacial score (nSPS) is 18.5. The topological polar surface area (TPSA) is 140 Å². The van der Waals surface area contributed by atoms with Crippen LogP contribution in [-0.2, 0) is 43.6 Å². The Morgan fingerprint density at radius 3 is 2.11 bits per heavy atom. The summed E-state index contributed by atoms with van der Waals surface area (Å²) in [7, 11) is 0. The Bertz CT molecular complexity index is 2660. The molecule has 2 N–H and O–H groups in total. The summed E-state index contributed by atoms with van der Waals surface area (Å²) in [6.45, 7) is 0.0522. The lowest BCUT2D eigenvalue weighted by Crippen LogP contribution is -2.41. The summed E-state index contributed by atoms with van der Waals surface area (Å²) < 4.78 is 25.2. The molecule has 3 heterocycles. The third-order valence-electron chi connectivity index (χ3n) is 11.2. The number of carbonyl (C=O) groups excluding carboxylic acids is 3. The van der Waals surface area contributed by atoms with Gasteiger partial charge in [0.1, 0.15) is 18.3 Å². The molecular weight excluding hydrogens is 827 g/mol. The van der Waals surface area contributed by atoms with Crippen LogP contribution in [0.2, 0.25) is 0 Å². The number of rotatable bonds is 14. The number of carbonyl (C=O) groups is 3. The van der Waals surface area contributed by atoms with Crippen molar-refractivity contribution in [2.75, 3.05) is 5.75 Å². The van der Waals surface area contributed by atoms with Crippen LogP contribution in [0.1, 0.15) is 53.1 Å². The van der Waals surface area contributed by atoms with Gasteiger partial charge in [0.05, 0.1) is 31.8 Å². The van der Waals surface area contributed by atoms with Crippen molar-refractivity contribution in [2.45, 2.75) is 62.4 Å². The Morgan fingerprint density at radius 2 is 1.38 bits per heavy atom. The van der Waals surface area contributed by atoms with Crippen LogP contribution in [0.3, 0.4) is 0 Å². The Morgan fingerprint density at radius 1 is 0.719 bits per heavy atom. The second-order valence-corrected chi connectivity index (χ2v) is 16.6. The zero-order valence-corrected chi connectivity index (χ0v) is 35.6. The highest BCUT2D eigenvalue weighted by Crippen LogP contribution is 2.42. The Labute approximate surface area is 375 Å². The molecule has 12 heteroatoms. The van der Waals surface area contributed by atoms with Crippen LogP contribution in [-0.4, -0.2) is 50.8 Å². The molecule has 6 aromatic carbocycles. The zero-order chi connectivity index (χ0) is 43.8. The van der Waals surface area contributed by atoms with Crippen molar-refractivity contribution in [3.05, 3.63) is 192 Å². The van der Waals surface area contributed by atoms with Gasteiger partial charge in [-0.3, -0.25) is 14.5 Å². The molecule has 0 aliphatic carbocycles. The number of aliphatic hydroxyl groups excluding tert-OH is 1. The van der Waals surface area contributed by atoms with Crippen molar-refractivity contribution >= 4 is 29.7 Å². The second kappa shape index (κ2) is 19.7. The largest absolute Gasteiger partial charge is 0.445 e. The number of likely N-dealkylation sites (tertiary alicyclic amines) is 1. The lowest BCUT2D eigenvalue weighted by molar-refractivity contribution is -0.245. The second-order valence-electron chi connectivity index (χ2n) is 15.7. The molecule has 7 aromatic rings. The van der Waals surface area contributed by atoms with E-state index in [4.69, 9.17) is 23.6 Å². The highest BCUT2D eigenvalue weighted by molar-refractivity contribution is 7.99. The number of amides is 3. The fourth-order valence-electron chi connectivity index (χ4n) is 7.89. The Kier molecular flexibility index (Phi) is 13.1. The quantitative estimate of drug-likeness (QED) is 0.0802. The number of hydrogen-bond acceptors (Lipinski definition) is 10. The molecule has 4 atom stereocenters. The number of nitrogens with one attached hydrogen (secondary N) is 1. The standard InChI is InChI=1S/C52H45N3O8S/c56-31-34-22-24-37(25-23-34)45-28-43(33-64-52-54-47(38-15-6-2-7-16-38)48(63-52)39-17-8-3-9-18-39)61-50(62-45)42-21-11-20-41(27-42)40-19-10-14-36(26-40)30-55-46(57)29-44(49(55)58)53-51(59)60-32-35-12-4-1-5-13-35/h1-27,43-45,50,56H,28-33H2,(H,53,59)/t43-,44?,45+,50+/m0/s1. The van der Waals surface area contributed by atoms with E-state index in [-0.39, 0.29) is 44.3 Å². The van der Waals surface area contributed by atoms with Gasteiger partial charge in [0.2, 0.25) is 5.91 Å². The molecule has 0 spiro atoms. The summed E-state index contributed by atoms with van der Waals surface area (Å²) in [5, 5.41) is 12.8. The van der Waals surface area contributed by atoms with Crippen LogP contribution in [0.15, 0.2) is 173 Å². The summed E-state index contributed by atoms with van der Waals surface area (Å²) in [5.74, 6) is 0.403. The van der Waals surface area contributed by atoms with Gasteiger partial charge in [0.15, 0.2) is 12.1 Å². The SMILES string of the molecule is O=C(NC1CC(=O)N(Cc2cccc(-c3cccc([C@@H]4O[C@H](CSc5nc(-c6ccccc6)c(-c6ccccc6)o5)C[C@H](c5ccc(CO)cc5)O4)c3)c2)C1=O)OCc1ccccc1. The van der Waals surface area contributed by atoms with Crippen LogP contribution in [0.5, 0.6) is 0 Å². The van der Waals surface area contributed by atoms with E-state index in [1.165, 1.54) is 16.7 Å². The molecule has 2 aliphatic heterocycles. The fourth-order valence-corrected chi connectivity index (χ4v) is 8.73. The first-order chi connectivity index (χ1) is 31.4. The number of aliphatic hydroxyl groups is 1. The molecule has 64 heavy (non-hydrogen) atoms. The molecule has 2 saturated heterocycles. The number of imide groups is 1. The van der Waals surface area contributed by atoms with E-state index in [1.54, 1.807) is 0 Å². The van der Waals surface area contributed by atoms with Gasteiger partial charge in [-0.25, -0.2) is 9.78 Å². The number of alkyl carbamates (subject to hydrolysis) is 1. The van der Waals surface area contributed by atoms with Crippen molar-refractivity contribution in [1.29, 1.82) is 0 Å². The zero-order valence-electron chi connectivity index (χ0n) is 34.7. The fraction of sp³-hybridized carbons (Fsp3) is 0.192. The highest BCUT2D eigenvalue weighted by Gasteiger charge is 2.40. The van der Waals surface area contributed by atoms with E-state index < -0.39 is 24.3 Å². The summed E-state index contributed by atoms with van der Waals surface area (Å²) >= 11 is 1.50. The van der Waals surface area contributed by atoms with Crippen molar-refractivity contribution < 1.29 is 38.1 Å². The average molecular weight is 872 g/mol. The number of nitrogens with zero attached hydrogens (tertiary/aromatic N) is 2. The molecular formula is C52H45N3O8S. The maximum absolute atomic E-state index is 13.3. The molecule has 0 saturated carbocycles. The first kappa shape index (κ1) is 42.5. The molecule has 11 nitrogen and oxygen atoms in total. The van der Waals surface area contributed by atoms with Gasteiger partial charge in [0, 0.05) is 28.9 Å². The van der Waals surface area contributed by atoms with Gasteiger partial charge in [0.25, 0.3) is 11.1 Å². The van der Waals surface area contributed by atoms with Gasteiger partial charge in [-0.15, -0.1) is 0 Å². The van der Waals surface area contributed by atoms with E-state index in [0.29, 0.717) is 23.2 Å². The number of benzene rings is 6. The Hall–Kier alpha value is -6.83. The van der Waals surface area contributed by atoms with Crippen molar-refractivity contribution in [3.8, 4) is 33.7 Å². The van der Waals surface area contributed by atoms with Crippen molar-refractivity contribution in [2.24, 2.45) is 0 Å². The van der Waals surface area contributed by atoms with E-state index >= 15 is 0 Å². The van der Waals surface area contributed by atoms with Gasteiger partial charge in [-0.05, 0) is 45.5 Å². The molecule has 9 rings (SSSR count). The van der Waals surface area contributed by atoms with E-state index in [1.807, 2.05) is 164 Å². The minimum absolute atomic E-state index is 0.0493. The maximum atomic E-state index is 13.3. The number of aromatic nitrogens is 1. The minimum Gasteiger partial charge on any atom is -0.445 e. The summed E-state index contributed by atoms with van der Waals surface area (Å²) in [6, 6.07) is 51.6. The van der Waals surface area contributed by atoms with Crippen LogP contribution in [0, 0.1) is 0 Å². The van der Waals surface area contributed by atoms with Crippen LogP contribution in [0.4, 0.5) is 4.79 Å². The smallest absolute Gasteiger partial charge is 0.408 e.